The first kappa shape index (κ1) is 14.7. The van der Waals surface area contributed by atoms with Crippen molar-refractivity contribution in [2.75, 3.05) is 19.0 Å². The molecule has 0 radical (unpaired) electrons. The Hall–Kier alpha value is -1.74. The lowest BCUT2D eigenvalue weighted by Crippen LogP contribution is -2.17. The van der Waals surface area contributed by atoms with E-state index in [4.69, 9.17) is 9.15 Å². The van der Waals surface area contributed by atoms with Crippen molar-refractivity contribution in [1.82, 2.24) is 0 Å². The Balaban J connectivity index is 1.88. The van der Waals surface area contributed by atoms with Crippen LogP contribution in [0.3, 0.4) is 0 Å². The summed E-state index contributed by atoms with van der Waals surface area (Å²) in [6.45, 7) is 2.95. The summed E-state index contributed by atoms with van der Waals surface area (Å²) in [4.78, 5) is 0. The molecule has 20 heavy (non-hydrogen) atoms. The van der Waals surface area contributed by atoms with E-state index in [2.05, 4.69) is 36.5 Å². The fourth-order valence-electron chi connectivity index (χ4n) is 2.24. The molecule has 0 fully saturated rings. The summed E-state index contributed by atoms with van der Waals surface area (Å²) in [7, 11) is 1.74. The molecule has 2 rings (SSSR count). The Morgan fingerprint density at radius 1 is 1.15 bits per heavy atom. The maximum Gasteiger partial charge on any atom is 0.103 e. The second kappa shape index (κ2) is 7.75. The predicted octanol–water partition coefficient (Wildman–Crippen LogP) is 3.90. The molecule has 1 heterocycles. The number of benzene rings is 1. The standard InChI is InChI=1S/C17H23NO2/c1-14(9-10-16-7-5-12-20-16)18-17-8-4-3-6-15(17)11-13-19-2/h3-8,12,14,18H,9-11,13H2,1-2H3. The molecule has 1 N–H and O–H groups in total. The van der Waals surface area contributed by atoms with E-state index < -0.39 is 0 Å². The van der Waals surface area contributed by atoms with E-state index in [9.17, 15) is 0 Å². The third kappa shape index (κ3) is 4.42. The van der Waals surface area contributed by atoms with E-state index in [0.29, 0.717) is 6.04 Å². The van der Waals surface area contributed by atoms with Crippen molar-refractivity contribution < 1.29 is 9.15 Å². The predicted molar refractivity (Wildman–Crippen MR) is 82.1 cm³/mol. The van der Waals surface area contributed by atoms with Crippen LogP contribution in [0.2, 0.25) is 0 Å². The molecule has 1 atom stereocenters. The van der Waals surface area contributed by atoms with Crippen molar-refractivity contribution in [2.45, 2.75) is 32.2 Å². The average molecular weight is 273 g/mol. The van der Waals surface area contributed by atoms with Crippen LogP contribution in [0.5, 0.6) is 0 Å². The van der Waals surface area contributed by atoms with Gasteiger partial charge in [-0.25, -0.2) is 0 Å². The van der Waals surface area contributed by atoms with E-state index in [1.165, 1.54) is 11.3 Å². The number of para-hydroxylation sites is 1. The van der Waals surface area contributed by atoms with Crippen LogP contribution in [-0.2, 0) is 17.6 Å². The van der Waals surface area contributed by atoms with Gasteiger partial charge < -0.3 is 14.5 Å². The molecule has 0 bridgehead atoms. The zero-order chi connectivity index (χ0) is 14.2. The van der Waals surface area contributed by atoms with Gasteiger partial charge >= 0.3 is 0 Å². The minimum atomic E-state index is 0.406. The van der Waals surface area contributed by atoms with E-state index in [1.807, 2.05) is 12.1 Å². The van der Waals surface area contributed by atoms with Gasteiger partial charge in [-0.3, -0.25) is 0 Å². The summed E-state index contributed by atoms with van der Waals surface area (Å²) in [5.74, 6) is 1.05. The lowest BCUT2D eigenvalue weighted by atomic mass is 10.1. The number of anilines is 1. The summed E-state index contributed by atoms with van der Waals surface area (Å²) < 4.78 is 10.5. The first-order valence-electron chi connectivity index (χ1n) is 7.15. The largest absolute Gasteiger partial charge is 0.469 e. The Morgan fingerprint density at radius 3 is 2.75 bits per heavy atom. The quantitative estimate of drug-likeness (QED) is 0.792. The monoisotopic (exact) mass is 273 g/mol. The van der Waals surface area contributed by atoms with Gasteiger partial charge in [0.25, 0.3) is 0 Å². The molecular weight excluding hydrogens is 250 g/mol. The minimum absolute atomic E-state index is 0.406. The van der Waals surface area contributed by atoms with Crippen LogP contribution < -0.4 is 5.32 Å². The van der Waals surface area contributed by atoms with Gasteiger partial charge in [0.2, 0.25) is 0 Å². The average Bonchev–Trinajstić information content (AvgIpc) is 2.97. The summed E-state index contributed by atoms with van der Waals surface area (Å²) >= 11 is 0. The highest BCUT2D eigenvalue weighted by atomic mass is 16.5. The third-order valence-electron chi connectivity index (χ3n) is 3.40. The van der Waals surface area contributed by atoms with Crippen LogP contribution >= 0.6 is 0 Å². The lowest BCUT2D eigenvalue weighted by Gasteiger charge is -2.17. The normalized spacial score (nSPS) is 12.3. The number of hydrogen-bond donors (Lipinski definition) is 1. The Kier molecular flexibility index (Phi) is 5.69. The van der Waals surface area contributed by atoms with Crippen LogP contribution in [-0.4, -0.2) is 19.8 Å². The lowest BCUT2D eigenvalue weighted by molar-refractivity contribution is 0.202. The molecular formula is C17H23NO2. The molecule has 3 nitrogen and oxygen atoms in total. The maximum atomic E-state index is 5.37. The highest BCUT2D eigenvalue weighted by molar-refractivity contribution is 5.51. The third-order valence-corrected chi connectivity index (χ3v) is 3.40. The second-order valence-corrected chi connectivity index (χ2v) is 5.06. The molecule has 0 spiro atoms. The number of nitrogens with one attached hydrogen (secondary N) is 1. The van der Waals surface area contributed by atoms with E-state index in [0.717, 1.165) is 31.6 Å². The van der Waals surface area contributed by atoms with E-state index >= 15 is 0 Å². The van der Waals surface area contributed by atoms with Crippen LogP contribution in [0, 0.1) is 0 Å². The zero-order valence-corrected chi connectivity index (χ0v) is 12.3. The zero-order valence-electron chi connectivity index (χ0n) is 12.3. The fraction of sp³-hybridized carbons (Fsp3) is 0.412. The van der Waals surface area contributed by atoms with Crippen molar-refractivity contribution in [2.24, 2.45) is 0 Å². The molecule has 0 aliphatic rings. The van der Waals surface area contributed by atoms with Gasteiger partial charge in [-0.15, -0.1) is 0 Å². The summed E-state index contributed by atoms with van der Waals surface area (Å²) in [5.41, 5.74) is 2.51. The van der Waals surface area contributed by atoms with Crippen molar-refractivity contribution in [3.05, 3.63) is 54.0 Å². The number of methoxy groups -OCH3 is 1. The summed E-state index contributed by atoms with van der Waals surface area (Å²) in [6.07, 6.45) is 4.67. The molecule has 3 heteroatoms. The number of furan rings is 1. The molecule has 108 valence electrons. The van der Waals surface area contributed by atoms with Gasteiger partial charge in [-0.1, -0.05) is 18.2 Å². The molecule has 0 saturated carbocycles. The Labute approximate surface area is 121 Å². The Morgan fingerprint density at radius 2 is 2.00 bits per heavy atom. The SMILES string of the molecule is COCCc1ccccc1NC(C)CCc1ccco1. The van der Waals surface area contributed by atoms with Gasteiger partial charge in [0.15, 0.2) is 0 Å². The highest BCUT2D eigenvalue weighted by Gasteiger charge is 2.07. The fourth-order valence-corrected chi connectivity index (χ4v) is 2.24. The van der Waals surface area contributed by atoms with E-state index in [1.54, 1.807) is 13.4 Å². The molecule has 0 saturated heterocycles. The number of hydrogen-bond acceptors (Lipinski definition) is 3. The second-order valence-electron chi connectivity index (χ2n) is 5.06. The van der Waals surface area contributed by atoms with Crippen LogP contribution in [0.15, 0.2) is 47.1 Å². The molecule has 0 amide bonds. The molecule has 0 aliphatic heterocycles. The molecule has 1 aromatic heterocycles. The van der Waals surface area contributed by atoms with Crippen LogP contribution in [0.1, 0.15) is 24.7 Å². The highest BCUT2D eigenvalue weighted by Crippen LogP contribution is 2.18. The number of aryl methyl sites for hydroxylation is 1. The topological polar surface area (TPSA) is 34.4 Å². The van der Waals surface area contributed by atoms with Crippen molar-refractivity contribution in [3.63, 3.8) is 0 Å². The molecule has 2 aromatic rings. The van der Waals surface area contributed by atoms with E-state index in [-0.39, 0.29) is 0 Å². The number of rotatable bonds is 8. The molecule has 1 aromatic carbocycles. The summed E-state index contributed by atoms with van der Waals surface area (Å²) in [6, 6.07) is 12.8. The van der Waals surface area contributed by atoms with Crippen molar-refractivity contribution in [1.29, 1.82) is 0 Å². The molecule has 1 unspecified atom stereocenters. The van der Waals surface area contributed by atoms with Gasteiger partial charge in [0.1, 0.15) is 5.76 Å². The Bertz CT molecular complexity index is 493. The number of ether oxygens (including phenoxy) is 1. The van der Waals surface area contributed by atoms with Crippen LogP contribution in [0.25, 0.3) is 0 Å². The maximum absolute atomic E-state index is 5.37. The van der Waals surface area contributed by atoms with Gasteiger partial charge in [0, 0.05) is 25.3 Å². The smallest absolute Gasteiger partial charge is 0.103 e. The summed E-state index contributed by atoms with van der Waals surface area (Å²) in [5, 5.41) is 3.58. The van der Waals surface area contributed by atoms with Crippen molar-refractivity contribution >= 4 is 5.69 Å². The minimum Gasteiger partial charge on any atom is -0.469 e. The van der Waals surface area contributed by atoms with Crippen molar-refractivity contribution in [3.8, 4) is 0 Å². The first-order chi connectivity index (χ1) is 9.79. The molecule has 0 aliphatic carbocycles. The van der Waals surface area contributed by atoms with Gasteiger partial charge in [-0.05, 0) is 43.5 Å². The van der Waals surface area contributed by atoms with Gasteiger partial charge in [-0.2, -0.15) is 0 Å². The first-order valence-corrected chi connectivity index (χ1v) is 7.15. The van der Waals surface area contributed by atoms with Crippen LogP contribution in [0.4, 0.5) is 5.69 Å². The van der Waals surface area contributed by atoms with Gasteiger partial charge in [0.05, 0.1) is 12.9 Å².